The molecule has 0 bridgehead atoms. The number of hydrogen-bond donors (Lipinski definition) is 1. The van der Waals surface area contributed by atoms with Crippen LogP contribution in [-0.2, 0) is 0 Å². The number of anilines is 1. The Labute approximate surface area is 97.6 Å². The van der Waals surface area contributed by atoms with Gasteiger partial charge in [0.05, 0.1) is 6.07 Å². The van der Waals surface area contributed by atoms with Crippen LogP contribution in [-0.4, -0.2) is 5.54 Å². The van der Waals surface area contributed by atoms with E-state index in [1.54, 1.807) is 0 Å². The number of para-hydroxylation sites is 1. The van der Waals surface area contributed by atoms with Gasteiger partial charge in [-0.2, -0.15) is 5.26 Å². The quantitative estimate of drug-likeness (QED) is 0.759. The average Bonchev–Trinajstić information content (AvgIpc) is 2.30. The van der Waals surface area contributed by atoms with Crippen LogP contribution in [0.15, 0.2) is 36.9 Å². The minimum atomic E-state index is -0.527. The van der Waals surface area contributed by atoms with Crippen molar-refractivity contribution in [3.63, 3.8) is 0 Å². The van der Waals surface area contributed by atoms with E-state index >= 15 is 0 Å². The van der Waals surface area contributed by atoms with E-state index in [4.69, 9.17) is 0 Å². The van der Waals surface area contributed by atoms with Crippen LogP contribution in [0.2, 0.25) is 0 Å². The molecule has 16 heavy (non-hydrogen) atoms. The van der Waals surface area contributed by atoms with Crippen LogP contribution in [0.5, 0.6) is 0 Å². The van der Waals surface area contributed by atoms with Crippen LogP contribution >= 0.6 is 0 Å². The van der Waals surface area contributed by atoms with E-state index in [1.807, 2.05) is 44.2 Å². The average molecular weight is 214 g/mol. The lowest BCUT2D eigenvalue weighted by Gasteiger charge is -2.25. The zero-order valence-electron chi connectivity index (χ0n) is 9.96. The van der Waals surface area contributed by atoms with E-state index in [1.165, 1.54) is 0 Å². The van der Waals surface area contributed by atoms with E-state index in [0.29, 0.717) is 0 Å². The molecule has 0 fully saturated rings. The molecule has 2 nitrogen and oxygen atoms in total. The number of benzene rings is 1. The van der Waals surface area contributed by atoms with Gasteiger partial charge in [-0.1, -0.05) is 24.3 Å². The van der Waals surface area contributed by atoms with Crippen LogP contribution in [0.3, 0.4) is 0 Å². The van der Waals surface area contributed by atoms with Gasteiger partial charge in [0.25, 0.3) is 0 Å². The van der Waals surface area contributed by atoms with Gasteiger partial charge in [-0.05, 0) is 38.3 Å². The molecule has 1 rings (SSSR count). The highest BCUT2D eigenvalue weighted by molar-refractivity contribution is 5.53. The maximum Gasteiger partial charge on any atom is 0.122 e. The molecule has 1 aromatic rings. The molecule has 0 aliphatic rings. The number of nitrogens with zero attached hydrogens (tertiary/aromatic N) is 1. The second-order valence-corrected chi connectivity index (χ2v) is 4.21. The van der Waals surface area contributed by atoms with Gasteiger partial charge >= 0.3 is 0 Å². The third-order valence-corrected chi connectivity index (χ3v) is 2.65. The maximum atomic E-state index is 9.22. The lowest BCUT2D eigenvalue weighted by Crippen LogP contribution is -2.32. The molecular weight excluding hydrogens is 196 g/mol. The number of allylic oxidation sites excluding steroid dienone is 1. The van der Waals surface area contributed by atoms with Crippen LogP contribution in [0.25, 0.3) is 0 Å². The molecule has 0 heterocycles. The summed E-state index contributed by atoms with van der Waals surface area (Å²) in [6, 6.07) is 10.3. The molecule has 0 amide bonds. The maximum absolute atomic E-state index is 9.22. The summed E-state index contributed by atoms with van der Waals surface area (Å²) in [4.78, 5) is 0. The molecule has 0 saturated carbocycles. The topological polar surface area (TPSA) is 35.8 Å². The molecule has 1 aromatic carbocycles. The third kappa shape index (κ3) is 3.13. The summed E-state index contributed by atoms with van der Waals surface area (Å²) < 4.78 is 0. The van der Waals surface area contributed by atoms with Gasteiger partial charge in [-0.3, -0.25) is 0 Å². The summed E-state index contributed by atoms with van der Waals surface area (Å²) in [5.41, 5.74) is 1.65. The van der Waals surface area contributed by atoms with E-state index in [2.05, 4.69) is 18.0 Å². The fourth-order valence-corrected chi connectivity index (χ4v) is 1.55. The lowest BCUT2D eigenvalue weighted by atomic mass is 9.96. The van der Waals surface area contributed by atoms with Crippen molar-refractivity contribution in [2.45, 2.75) is 32.2 Å². The fourth-order valence-electron chi connectivity index (χ4n) is 1.55. The summed E-state index contributed by atoms with van der Waals surface area (Å²) in [6.45, 7) is 7.64. The Morgan fingerprint density at radius 1 is 1.50 bits per heavy atom. The molecule has 1 unspecified atom stereocenters. The molecule has 1 N–H and O–H groups in total. The number of hydrogen-bond acceptors (Lipinski definition) is 2. The summed E-state index contributed by atoms with van der Waals surface area (Å²) in [5, 5.41) is 12.5. The molecule has 0 saturated heterocycles. The summed E-state index contributed by atoms with van der Waals surface area (Å²) >= 11 is 0. The van der Waals surface area contributed by atoms with Gasteiger partial charge in [0, 0.05) is 5.69 Å². The Bertz CT molecular complexity index is 403. The Kier molecular flexibility index (Phi) is 4.13. The number of rotatable bonds is 5. The van der Waals surface area contributed by atoms with Crippen LogP contribution in [0.4, 0.5) is 5.69 Å². The summed E-state index contributed by atoms with van der Waals surface area (Å²) in [5.74, 6) is 0. The highest BCUT2D eigenvalue weighted by Crippen LogP contribution is 2.22. The second kappa shape index (κ2) is 5.37. The van der Waals surface area contributed by atoms with Crippen molar-refractivity contribution in [3.8, 4) is 6.07 Å². The lowest BCUT2D eigenvalue weighted by molar-refractivity contribution is 0.596. The standard InChI is InChI=1S/C14H18N2/c1-4-5-10-14(3,11-15)16-13-9-7-6-8-12(13)2/h4,6-9,16H,1,5,10H2,2-3H3. The van der Waals surface area contributed by atoms with Gasteiger partial charge in [0.2, 0.25) is 0 Å². The molecule has 2 heteroatoms. The van der Waals surface area contributed by atoms with E-state index < -0.39 is 5.54 Å². The minimum Gasteiger partial charge on any atom is -0.367 e. The van der Waals surface area contributed by atoms with Crippen LogP contribution < -0.4 is 5.32 Å². The Morgan fingerprint density at radius 2 is 2.19 bits per heavy atom. The molecule has 1 atom stereocenters. The fraction of sp³-hybridized carbons (Fsp3) is 0.357. The number of nitrogens with one attached hydrogen (secondary N) is 1. The van der Waals surface area contributed by atoms with Crippen molar-refractivity contribution < 1.29 is 0 Å². The van der Waals surface area contributed by atoms with Gasteiger partial charge in [0.1, 0.15) is 5.54 Å². The first-order valence-electron chi connectivity index (χ1n) is 5.47. The van der Waals surface area contributed by atoms with Gasteiger partial charge in [0.15, 0.2) is 0 Å². The number of nitriles is 1. The zero-order valence-corrected chi connectivity index (χ0v) is 9.96. The Hall–Kier alpha value is -1.75. The third-order valence-electron chi connectivity index (χ3n) is 2.65. The molecule has 84 valence electrons. The van der Waals surface area contributed by atoms with Gasteiger partial charge in [-0.15, -0.1) is 6.58 Å². The summed E-state index contributed by atoms with van der Waals surface area (Å²) in [6.07, 6.45) is 3.44. The van der Waals surface area contributed by atoms with Crippen molar-refractivity contribution in [3.05, 3.63) is 42.5 Å². The van der Waals surface area contributed by atoms with Crippen molar-refractivity contribution >= 4 is 5.69 Å². The predicted molar refractivity (Wildman–Crippen MR) is 68.3 cm³/mol. The second-order valence-electron chi connectivity index (χ2n) is 4.21. The normalized spacial score (nSPS) is 13.6. The van der Waals surface area contributed by atoms with Crippen molar-refractivity contribution in [1.82, 2.24) is 0 Å². The molecule has 0 aliphatic carbocycles. The first-order valence-corrected chi connectivity index (χ1v) is 5.47. The van der Waals surface area contributed by atoms with Crippen molar-refractivity contribution in [2.24, 2.45) is 0 Å². The summed E-state index contributed by atoms with van der Waals surface area (Å²) in [7, 11) is 0. The highest BCUT2D eigenvalue weighted by atomic mass is 15.0. The van der Waals surface area contributed by atoms with Crippen LogP contribution in [0, 0.1) is 18.3 Å². The van der Waals surface area contributed by atoms with Crippen molar-refractivity contribution in [1.29, 1.82) is 5.26 Å². The minimum absolute atomic E-state index is 0.527. The molecule has 0 aliphatic heterocycles. The van der Waals surface area contributed by atoms with Gasteiger partial charge in [-0.25, -0.2) is 0 Å². The van der Waals surface area contributed by atoms with Crippen LogP contribution in [0.1, 0.15) is 25.3 Å². The van der Waals surface area contributed by atoms with E-state index in [-0.39, 0.29) is 0 Å². The molecular formula is C14H18N2. The first-order chi connectivity index (χ1) is 7.61. The molecule has 0 spiro atoms. The first kappa shape index (κ1) is 12.3. The zero-order chi connectivity index (χ0) is 12.0. The monoisotopic (exact) mass is 214 g/mol. The largest absolute Gasteiger partial charge is 0.367 e. The predicted octanol–water partition coefficient (Wildman–Crippen LogP) is 3.66. The molecule has 0 radical (unpaired) electrons. The smallest absolute Gasteiger partial charge is 0.122 e. The van der Waals surface area contributed by atoms with Crippen molar-refractivity contribution in [2.75, 3.05) is 5.32 Å². The highest BCUT2D eigenvalue weighted by Gasteiger charge is 2.22. The van der Waals surface area contributed by atoms with E-state index in [0.717, 1.165) is 24.1 Å². The SMILES string of the molecule is C=CCCC(C)(C#N)Nc1ccccc1C. The Balaban J connectivity index is 2.81. The van der Waals surface area contributed by atoms with Gasteiger partial charge < -0.3 is 5.32 Å². The van der Waals surface area contributed by atoms with E-state index in [9.17, 15) is 5.26 Å². The Morgan fingerprint density at radius 3 is 2.75 bits per heavy atom. The number of aryl methyl sites for hydroxylation is 1. The molecule has 0 aromatic heterocycles.